The molecule has 3 rings (SSSR count). The highest BCUT2D eigenvalue weighted by atomic mass is 32.2. The van der Waals surface area contributed by atoms with Crippen molar-refractivity contribution in [1.82, 2.24) is 10.9 Å². The van der Waals surface area contributed by atoms with Crippen LogP contribution in [0, 0.1) is 0 Å². The molecule has 0 aliphatic heterocycles. The summed E-state index contributed by atoms with van der Waals surface area (Å²) in [5, 5.41) is 1.06. The van der Waals surface area contributed by atoms with E-state index in [0.29, 0.717) is 18.1 Å². The number of carbonyl (C=O) groups excluding carboxylic acids is 2. The average Bonchev–Trinajstić information content (AvgIpc) is 2.87. The van der Waals surface area contributed by atoms with E-state index < -0.39 is 21.8 Å². The number of methoxy groups -OCH3 is 1. The van der Waals surface area contributed by atoms with Gasteiger partial charge in [-0.05, 0) is 61.0 Å². The van der Waals surface area contributed by atoms with Gasteiger partial charge in [0.25, 0.3) is 21.8 Å². The Labute approximate surface area is 203 Å². The molecule has 0 radical (unpaired) electrons. The Kier molecular flexibility index (Phi) is 8.47. The number of rotatable bonds is 9. The van der Waals surface area contributed by atoms with Crippen LogP contribution in [0.1, 0.15) is 33.2 Å². The number of ether oxygens (including phenoxy) is 2. The average molecular weight is 496 g/mol. The van der Waals surface area contributed by atoms with Crippen LogP contribution < -0.4 is 25.0 Å². The molecule has 0 heterocycles. The predicted molar refractivity (Wildman–Crippen MR) is 134 cm³/mol. The SMILES string of the molecule is CCOc1ccc(C(=O)NNC(=O)c2ccc(NS(=O)(=O)/C=C/c3ccccc3)cc2)cc1OC. The Morgan fingerprint density at radius 2 is 1.49 bits per heavy atom. The summed E-state index contributed by atoms with van der Waals surface area (Å²) in [5.74, 6) is -0.228. The summed E-state index contributed by atoms with van der Waals surface area (Å²) in [6.07, 6.45) is 1.48. The number of hydrogen-bond donors (Lipinski definition) is 3. The molecule has 0 aromatic heterocycles. The van der Waals surface area contributed by atoms with Gasteiger partial charge < -0.3 is 9.47 Å². The lowest BCUT2D eigenvalue weighted by Gasteiger charge is -2.12. The van der Waals surface area contributed by atoms with Gasteiger partial charge in [0.05, 0.1) is 19.1 Å². The Hall–Kier alpha value is -4.31. The van der Waals surface area contributed by atoms with E-state index in [0.717, 1.165) is 11.0 Å². The summed E-state index contributed by atoms with van der Waals surface area (Å²) in [6.45, 7) is 2.28. The third-order valence-electron chi connectivity index (χ3n) is 4.66. The maximum absolute atomic E-state index is 12.4. The molecule has 0 saturated heterocycles. The molecule has 0 atom stereocenters. The molecule has 0 aliphatic carbocycles. The van der Waals surface area contributed by atoms with Gasteiger partial charge in [-0.25, -0.2) is 8.42 Å². The van der Waals surface area contributed by atoms with Crippen molar-refractivity contribution in [2.75, 3.05) is 18.4 Å². The van der Waals surface area contributed by atoms with Gasteiger partial charge in [-0.1, -0.05) is 30.3 Å². The molecular formula is C25H25N3O6S. The molecule has 0 fully saturated rings. The Morgan fingerprint density at radius 1 is 0.857 bits per heavy atom. The number of carbonyl (C=O) groups is 2. The minimum atomic E-state index is -3.74. The van der Waals surface area contributed by atoms with E-state index in [2.05, 4.69) is 15.6 Å². The Bertz CT molecular complexity index is 1310. The molecule has 3 N–H and O–H groups in total. The van der Waals surface area contributed by atoms with Gasteiger partial charge in [0.1, 0.15) is 0 Å². The summed E-state index contributed by atoms with van der Waals surface area (Å²) in [5.41, 5.74) is 6.16. The lowest BCUT2D eigenvalue weighted by Crippen LogP contribution is -2.41. The van der Waals surface area contributed by atoms with E-state index in [1.807, 2.05) is 13.0 Å². The van der Waals surface area contributed by atoms with Crippen LogP contribution in [0.5, 0.6) is 11.5 Å². The Balaban J connectivity index is 1.57. The van der Waals surface area contributed by atoms with Crippen LogP contribution in [-0.2, 0) is 10.0 Å². The quantitative estimate of drug-likeness (QED) is 0.390. The van der Waals surface area contributed by atoms with Crippen LogP contribution in [0.15, 0.2) is 78.2 Å². The highest BCUT2D eigenvalue weighted by molar-refractivity contribution is 7.95. The van der Waals surface area contributed by atoms with E-state index in [1.165, 1.54) is 43.5 Å². The van der Waals surface area contributed by atoms with Crippen molar-refractivity contribution >= 4 is 33.6 Å². The molecule has 35 heavy (non-hydrogen) atoms. The second-order valence-electron chi connectivity index (χ2n) is 7.14. The van der Waals surface area contributed by atoms with E-state index in [1.54, 1.807) is 36.4 Å². The molecule has 182 valence electrons. The van der Waals surface area contributed by atoms with Crippen molar-refractivity contribution in [3.63, 3.8) is 0 Å². The highest BCUT2D eigenvalue weighted by Gasteiger charge is 2.13. The minimum Gasteiger partial charge on any atom is -0.493 e. The second kappa shape index (κ2) is 11.7. The predicted octanol–water partition coefficient (Wildman–Crippen LogP) is 3.58. The molecule has 0 unspecified atom stereocenters. The van der Waals surface area contributed by atoms with Crippen LogP contribution in [0.4, 0.5) is 5.69 Å². The number of nitrogens with one attached hydrogen (secondary N) is 3. The zero-order valence-corrected chi connectivity index (χ0v) is 20.0. The van der Waals surface area contributed by atoms with Crippen molar-refractivity contribution in [1.29, 1.82) is 0 Å². The largest absolute Gasteiger partial charge is 0.493 e. The van der Waals surface area contributed by atoms with Crippen LogP contribution in [0.25, 0.3) is 6.08 Å². The monoisotopic (exact) mass is 495 g/mol. The van der Waals surface area contributed by atoms with Crippen LogP contribution in [0.2, 0.25) is 0 Å². The van der Waals surface area contributed by atoms with Gasteiger partial charge in [0.2, 0.25) is 0 Å². The first-order chi connectivity index (χ1) is 16.8. The van der Waals surface area contributed by atoms with Crippen LogP contribution in [-0.4, -0.2) is 33.9 Å². The van der Waals surface area contributed by atoms with Crippen molar-refractivity contribution in [3.8, 4) is 11.5 Å². The lowest BCUT2D eigenvalue weighted by molar-refractivity contribution is 0.0846. The van der Waals surface area contributed by atoms with Gasteiger partial charge in [0, 0.05) is 16.8 Å². The minimum absolute atomic E-state index is 0.220. The first-order valence-electron chi connectivity index (χ1n) is 10.6. The number of benzene rings is 3. The van der Waals surface area contributed by atoms with Gasteiger partial charge >= 0.3 is 0 Å². The molecule has 0 saturated carbocycles. The second-order valence-corrected chi connectivity index (χ2v) is 8.71. The van der Waals surface area contributed by atoms with Crippen molar-refractivity contribution < 1.29 is 27.5 Å². The summed E-state index contributed by atoms with van der Waals surface area (Å²) in [4.78, 5) is 24.8. The normalized spacial score (nSPS) is 11.0. The summed E-state index contributed by atoms with van der Waals surface area (Å²) >= 11 is 0. The van der Waals surface area contributed by atoms with E-state index >= 15 is 0 Å². The molecule has 0 spiro atoms. The smallest absolute Gasteiger partial charge is 0.269 e. The number of anilines is 1. The summed E-state index contributed by atoms with van der Waals surface area (Å²) in [6, 6.07) is 19.4. The molecule has 9 nitrogen and oxygen atoms in total. The van der Waals surface area contributed by atoms with E-state index in [4.69, 9.17) is 9.47 Å². The van der Waals surface area contributed by atoms with Gasteiger partial charge in [-0.2, -0.15) is 0 Å². The maximum Gasteiger partial charge on any atom is 0.269 e. The third kappa shape index (κ3) is 7.34. The Morgan fingerprint density at radius 3 is 2.11 bits per heavy atom. The zero-order valence-electron chi connectivity index (χ0n) is 19.1. The molecule has 2 amide bonds. The van der Waals surface area contributed by atoms with Crippen molar-refractivity contribution in [2.45, 2.75) is 6.92 Å². The summed E-state index contributed by atoms with van der Waals surface area (Å²) < 4.78 is 37.6. The fourth-order valence-electron chi connectivity index (χ4n) is 2.96. The number of hydrazine groups is 1. The number of amides is 2. The fraction of sp³-hybridized carbons (Fsp3) is 0.120. The standard InChI is InChI=1S/C25H25N3O6S/c1-3-34-22-14-11-20(17-23(22)33-2)25(30)27-26-24(29)19-9-12-21(13-10-19)28-35(31,32)16-15-18-7-5-4-6-8-18/h4-17,28H,3H2,1-2H3,(H,26,29)(H,27,30)/b16-15+. The molecule has 10 heteroatoms. The molecule has 3 aromatic rings. The van der Waals surface area contributed by atoms with E-state index in [-0.39, 0.29) is 16.8 Å². The van der Waals surface area contributed by atoms with Crippen LogP contribution >= 0.6 is 0 Å². The first-order valence-corrected chi connectivity index (χ1v) is 12.1. The zero-order chi connectivity index (χ0) is 25.3. The van der Waals surface area contributed by atoms with Crippen molar-refractivity contribution in [3.05, 3.63) is 94.9 Å². The molecule has 3 aromatic carbocycles. The van der Waals surface area contributed by atoms with E-state index in [9.17, 15) is 18.0 Å². The van der Waals surface area contributed by atoms with Gasteiger partial charge in [0.15, 0.2) is 11.5 Å². The lowest BCUT2D eigenvalue weighted by atomic mass is 10.2. The van der Waals surface area contributed by atoms with Crippen LogP contribution in [0.3, 0.4) is 0 Å². The molecule has 0 bridgehead atoms. The highest BCUT2D eigenvalue weighted by Crippen LogP contribution is 2.27. The first kappa shape index (κ1) is 25.3. The van der Waals surface area contributed by atoms with Gasteiger partial charge in [-0.3, -0.25) is 25.2 Å². The number of sulfonamides is 1. The fourth-order valence-corrected chi connectivity index (χ4v) is 3.83. The molecule has 0 aliphatic rings. The summed E-state index contributed by atoms with van der Waals surface area (Å²) in [7, 11) is -2.28. The molecular weight excluding hydrogens is 470 g/mol. The third-order valence-corrected chi connectivity index (χ3v) is 5.68. The van der Waals surface area contributed by atoms with Crippen molar-refractivity contribution in [2.24, 2.45) is 0 Å². The number of hydrogen-bond acceptors (Lipinski definition) is 6. The van der Waals surface area contributed by atoms with Gasteiger partial charge in [-0.15, -0.1) is 0 Å². The topological polar surface area (TPSA) is 123 Å². The maximum atomic E-state index is 12.4.